The quantitative estimate of drug-likeness (QED) is 0.586. The van der Waals surface area contributed by atoms with Crippen LogP contribution in [0, 0.1) is 11.8 Å². The van der Waals surface area contributed by atoms with Crippen molar-refractivity contribution < 1.29 is 28.6 Å². The summed E-state index contributed by atoms with van der Waals surface area (Å²) in [4.78, 5) is 38.7. The van der Waals surface area contributed by atoms with E-state index >= 15 is 0 Å². The number of hydrogen-bond acceptors (Lipinski definition) is 7. The highest BCUT2D eigenvalue weighted by Crippen LogP contribution is 2.45. The normalized spacial score (nSPS) is 23.5. The van der Waals surface area contributed by atoms with Gasteiger partial charge in [-0.2, -0.15) is 0 Å². The van der Waals surface area contributed by atoms with Crippen LogP contribution in [0.2, 0.25) is 0 Å². The molecule has 3 rings (SSSR count). The minimum Gasteiger partial charge on any atom is -0.497 e. The molecular weight excluding hydrogens is 386 g/mol. The summed E-state index contributed by atoms with van der Waals surface area (Å²) in [5.41, 5.74) is 2.91. The SMILES string of the molecule is CCOC(=O)C1=C(C)NC2=C(C(=O)[C@H](C(=O)OC)[C@@H](C)C2)[C@H]1c1ccc(OC)cc1. The number of methoxy groups -OCH3 is 2. The van der Waals surface area contributed by atoms with Gasteiger partial charge in [0.1, 0.15) is 11.7 Å². The Morgan fingerprint density at radius 2 is 1.83 bits per heavy atom. The maximum Gasteiger partial charge on any atom is 0.336 e. The molecule has 0 bridgehead atoms. The smallest absolute Gasteiger partial charge is 0.336 e. The van der Waals surface area contributed by atoms with E-state index < -0.39 is 23.8 Å². The summed E-state index contributed by atoms with van der Waals surface area (Å²) in [6.07, 6.45) is 0.501. The largest absolute Gasteiger partial charge is 0.497 e. The maximum absolute atomic E-state index is 13.5. The molecule has 3 atom stereocenters. The Hall–Kier alpha value is -3.09. The standard InChI is InChI=1S/C23H27NO6/c1-6-30-23(27)18-13(3)24-16-11-12(2)17(22(26)29-5)21(25)20(16)19(18)14-7-9-15(28-4)10-8-14/h7-10,12,17,19,24H,6,11H2,1-5H3/t12-,17+,19-/m0/s1. The van der Waals surface area contributed by atoms with Crippen LogP contribution in [0.5, 0.6) is 5.75 Å². The van der Waals surface area contributed by atoms with Crippen LogP contribution in [-0.2, 0) is 23.9 Å². The Morgan fingerprint density at radius 3 is 2.40 bits per heavy atom. The molecule has 0 aromatic heterocycles. The first-order valence-corrected chi connectivity index (χ1v) is 9.97. The Balaban J connectivity index is 2.17. The molecule has 0 radical (unpaired) electrons. The summed E-state index contributed by atoms with van der Waals surface area (Å²) < 4.78 is 15.4. The second kappa shape index (κ2) is 8.73. The molecule has 0 amide bonds. The fraction of sp³-hybridized carbons (Fsp3) is 0.435. The van der Waals surface area contributed by atoms with E-state index in [1.54, 1.807) is 33.1 Å². The molecule has 160 valence electrons. The van der Waals surface area contributed by atoms with Crippen molar-refractivity contribution in [2.45, 2.75) is 33.1 Å². The molecule has 0 fully saturated rings. The Labute approximate surface area is 176 Å². The zero-order valence-corrected chi connectivity index (χ0v) is 17.9. The Kier molecular flexibility index (Phi) is 6.29. The number of benzene rings is 1. The van der Waals surface area contributed by atoms with Gasteiger partial charge in [0, 0.05) is 22.9 Å². The summed E-state index contributed by atoms with van der Waals surface area (Å²) in [6, 6.07) is 7.21. The molecule has 1 aromatic rings. The molecule has 1 aromatic carbocycles. The Morgan fingerprint density at radius 1 is 1.17 bits per heavy atom. The van der Waals surface area contributed by atoms with Crippen molar-refractivity contribution in [2.24, 2.45) is 11.8 Å². The fourth-order valence-electron chi connectivity index (χ4n) is 4.29. The number of allylic oxidation sites excluding steroid dienone is 3. The van der Waals surface area contributed by atoms with Gasteiger partial charge in [-0.15, -0.1) is 0 Å². The van der Waals surface area contributed by atoms with E-state index in [1.165, 1.54) is 7.11 Å². The molecule has 1 heterocycles. The van der Waals surface area contributed by atoms with Gasteiger partial charge in [0.05, 0.1) is 26.4 Å². The number of ketones is 1. The molecule has 1 aliphatic carbocycles. The van der Waals surface area contributed by atoms with Gasteiger partial charge in [-0.05, 0) is 43.9 Å². The Bertz CT molecular complexity index is 928. The lowest BCUT2D eigenvalue weighted by atomic mass is 9.69. The average Bonchev–Trinajstić information content (AvgIpc) is 2.72. The number of esters is 2. The average molecular weight is 413 g/mol. The van der Waals surface area contributed by atoms with Gasteiger partial charge in [0.2, 0.25) is 0 Å². The third-order valence-corrected chi connectivity index (χ3v) is 5.69. The van der Waals surface area contributed by atoms with Gasteiger partial charge in [-0.3, -0.25) is 9.59 Å². The van der Waals surface area contributed by atoms with Gasteiger partial charge in [-0.25, -0.2) is 4.79 Å². The van der Waals surface area contributed by atoms with Gasteiger partial charge < -0.3 is 19.5 Å². The molecule has 0 saturated carbocycles. The van der Waals surface area contributed by atoms with Crippen LogP contribution in [-0.4, -0.2) is 38.5 Å². The molecule has 2 aliphatic rings. The van der Waals surface area contributed by atoms with Crippen molar-refractivity contribution in [3.05, 3.63) is 52.4 Å². The second-order valence-electron chi connectivity index (χ2n) is 7.53. The van der Waals surface area contributed by atoms with Crippen molar-refractivity contribution in [2.75, 3.05) is 20.8 Å². The summed E-state index contributed by atoms with van der Waals surface area (Å²) in [5, 5.41) is 3.23. The number of ether oxygens (including phenoxy) is 3. The number of hydrogen-bond donors (Lipinski definition) is 1. The van der Waals surface area contributed by atoms with E-state index in [4.69, 9.17) is 14.2 Å². The summed E-state index contributed by atoms with van der Waals surface area (Å²) >= 11 is 0. The lowest BCUT2D eigenvalue weighted by molar-refractivity contribution is -0.151. The van der Waals surface area contributed by atoms with E-state index in [0.29, 0.717) is 29.0 Å². The van der Waals surface area contributed by atoms with Crippen LogP contribution in [0.25, 0.3) is 0 Å². The van der Waals surface area contributed by atoms with E-state index in [1.807, 2.05) is 19.1 Å². The molecule has 7 nitrogen and oxygen atoms in total. The fourth-order valence-corrected chi connectivity index (χ4v) is 4.29. The van der Waals surface area contributed by atoms with E-state index in [0.717, 1.165) is 11.3 Å². The van der Waals surface area contributed by atoms with E-state index in [-0.39, 0.29) is 18.3 Å². The zero-order valence-electron chi connectivity index (χ0n) is 17.9. The monoisotopic (exact) mass is 413 g/mol. The first kappa shape index (κ1) is 21.6. The first-order chi connectivity index (χ1) is 14.3. The van der Waals surface area contributed by atoms with Crippen molar-refractivity contribution >= 4 is 17.7 Å². The lowest BCUT2D eigenvalue weighted by Crippen LogP contribution is -2.43. The number of rotatable bonds is 5. The van der Waals surface area contributed by atoms with Crippen molar-refractivity contribution in [3.63, 3.8) is 0 Å². The van der Waals surface area contributed by atoms with Crippen molar-refractivity contribution in [3.8, 4) is 5.75 Å². The van der Waals surface area contributed by atoms with Gasteiger partial charge in [0.25, 0.3) is 0 Å². The van der Waals surface area contributed by atoms with Crippen LogP contribution >= 0.6 is 0 Å². The van der Waals surface area contributed by atoms with Crippen LogP contribution in [0.1, 0.15) is 38.7 Å². The highest BCUT2D eigenvalue weighted by atomic mass is 16.5. The molecule has 0 unspecified atom stereocenters. The van der Waals surface area contributed by atoms with Gasteiger partial charge in [0.15, 0.2) is 5.78 Å². The van der Waals surface area contributed by atoms with Gasteiger partial charge >= 0.3 is 11.9 Å². The summed E-state index contributed by atoms with van der Waals surface area (Å²) in [6.45, 7) is 5.60. The third-order valence-electron chi connectivity index (χ3n) is 5.69. The predicted octanol–water partition coefficient (Wildman–Crippen LogP) is 2.87. The molecule has 0 saturated heterocycles. The topological polar surface area (TPSA) is 90.9 Å². The predicted molar refractivity (Wildman–Crippen MR) is 110 cm³/mol. The first-order valence-electron chi connectivity index (χ1n) is 9.97. The second-order valence-corrected chi connectivity index (χ2v) is 7.53. The van der Waals surface area contributed by atoms with Crippen molar-refractivity contribution in [1.29, 1.82) is 0 Å². The van der Waals surface area contributed by atoms with Gasteiger partial charge in [-0.1, -0.05) is 19.1 Å². The number of carbonyl (C=O) groups is 3. The minimum absolute atomic E-state index is 0.215. The zero-order chi connectivity index (χ0) is 22.0. The number of nitrogens with one attached hydrogen (secondary N) is 1. The minimum atomic E-state index is -0.904. The van der Waals surface area contributed by atoms with E-state index in [2.05, 4.69) is 5.32 Å². The van der Waals surface area contributed by atoms with Crippen LogP contribution < -0.4 is 10.1 Å². The molecule has 30 heavy (non-hydrogen) atoms. The highest BCUT2D eigenvalue weighted by molar-refractivity contribution is 6.12. The molecule has 1 N–H and O–H groups in total. The third kappa shape index (κ3) is 3.72. The lowest BCUT2D eigenvalue weighted by Gasteiger charge is -2.38. The molecular formula is C23H27NO6. The summed E-state index contributed by atoms with van der Waals surface area (Å²) in [5.74, 6) is -2.47. The molecule has 7 heteroatoms. The highest BCUT2D eigenvalue weighted by Gasteiger charge is 2.47. The van der Waals surface area contributed by atoms with Crippen LogP contribution in [0.15, 0.2) is 46.8 Å². The molecule has 0 spiro atoms. The molecule has 1 aliphatic heterocycles. The summed E-state index contributed by atoms with van der Waals surface area (Å²) in [7, 11) is 2.85. The van der Waals surface area contributed by atoms with E-state index in [9.17, 15) is 14.4 Å². The van der Waals surface area contributed by atoms with Crippen molar-refractivity contribution in [1.82, 2.24) is 5.32 Å². The maximum atomic E-state index is 13.5. The number of carbonyl (C=O) groups excluding carboxylic acids is 3. The number of dihydropyridines is 1. The number of Topliss-reactive ketones (excluding diaryl/α,β-unsaturated/α-hetero) is 1. The van der Waals surface area contributed by atoms with Crippen LogP contribution in [0.3, 0.4) is 0 Å². The van der Waals surface area contributed by atoms with Crippen LogP contribution in [0.4, 0.5) is 0 Å².